The Morgan fingerprint density at radius 3 is 2.90 bits per heavy atom. The lowest BCUT2D eigenvalue weighted by molar-refractivity contribution is 0.218. The van der Waals surface area contributed by atoms with Crippen molar-refractivity contribution >= 4 is 17.4 Å². The Labute approximate surface area is 121 Å². The average Bonchev–Trinajstić information content (AvgIpc) is 3.09. The van der Waals surface area contributed by atoms with Crippen molar-refractivity contribution in [2.45, 2.75) is 19.8 Å². The molecule has 0 N–H and O–H groups in total. The van der Waals surface area contributed by atoms with E-state index in [0.717, 1.165) is 37.4 Å². The van der Waals surface area contributed by atoms with Gasteiger partial charge in [0.2, 0.25) is 0 Å². The molecule has 0 radical (unpaired) electrons. The normalized spacial score (nSPS) is 15.8. The van der Waals surface area contributed by atoms with Crippen LogP contribution in [0.1, 0.15) is 18.5 Å². The largest absolute Gasteiger partial charge is 0.346 e. The number of likely N-dealkylation sites (tertiary alicyclic amines) is 1. The van der Waals surface area contributed by atoms with Crippen LogP contribution in [0.25, 0.3) is 5.82 Å². The first-order valence-corrected chi connectivity index (χ1v) is 7.56. The fraction of sp³-hybridized carbons (Fsp3) is 0.357. The van der Waals surface area contributed by atoms with Crippen LogP contribution in [0.4, 0.5) is 4.79 Å². The Kier molecular flexibility index (Phi) is 3.64. The molecule has 1 fully saturated rings. The van der Waals surface area contributed by atoms with Crippen LogP contribution < -0.4 is 4.80 Å². The molecule has 104 valence electrons. The highest BCUT2D eigenvalue weighted by Crippen LogP contribution is 2.09. The van der Waals surface area contributed by atoms with Gasteiger partial charge >= 0.3 is 6.03 Å². The molecule has 2 amide bonds. The summed E-state index contributed by atoms with van der Waals surface area (Å²) in [5.41, 5.74) is 0.943. The Hall–Kier alpha value is -1.95. The van der Waals surface area contributed by atoms with Gasteiger partial charge in [-0.25, -0.2) is 9.78 Å². The van der Waals surface area contributed by atoms with E-state index < -0.39 is 0 Å². The number of urea groups is 1. The molecular weight excluding hydrogens is 272 g/mol. The smallest absolute Gasteiger partial charge is 0.323 e. The van der Waals surface area contributed by atoms with Gasteiger partial charge in [-0.2, -0.15) is 4.99 Å². The summed E-state index contributed by atoms with van der Waals surface area (Å²) in [5.74, 6) is 0.791. The van der Waals surface area contributed by atoms with Crippen molar-refractivity contribution < 1.29 is 4.79 Å². The molecule has 1 aliphatic heterocycles. The van der Waals surface area contributed by atoms with Gasteiger partial charge in [-0.05, 0) is 31.9 Å². The zero-order valence-corrected chi connectivity index (χ0v) is 12.1. The van der Waals surface area contributed by atoms with Crippen LogP contribution in [0.15, 0.2) is 34.8 Å². The maximum Gasteiger partial charge on any atom is 0.346 e. The Morgan fingerprint density at radius 2 is 2.15 bits per heavy atom. The van der Waals surface area contributed by atoms with Gasteiger partial charge in [0.05, 0.1) is 0 Å². The fourth-order valence-corrected chi connectivity index (χ4v) is 2.95. The lowest BCUT2D eigenvalue weighted by Crippen LogP contribution is -2.27. The summed E-state index contributed by atoms with van der Waals surface area (Å²) in [4.78, 5) is 23.3. The van der Waals surface area contributed by atoms with Crippen molar-refractivity contribution in [1.29, 1.82) is 0 Å². The van der Waals surface area contributed by atoms with E-state index in [2.05, 4.69) is 9.98 Å². The van der Waals surface area contributed by atoms with Gasteiger partial charge in [-0.15, -0.1) is 11.3 Å². The molecule has 20 heavy (non-hydrogen) atoms. The predicted molar refractivity (Wildman–Crippen MR) is 77.9 cm³/mol. The number of thiazole rings is 1. The second-order valence-electron chi connectivity index (χ2n) is 4.78. The quantitative estimate of drug-likeness (QED) is 0.809. The second-order valence-corrected chi connectivity index (χ2v) is 5.65. The fourth-order valence-electron chi connectivity index (χ4n) is 2.25. The van der Waals surface area contributed by atoms with Crippen LogP contribution in [-0.4, -0.2) is 33.6 Å². The van der Waals surface area contributed by atoms with E-state index in [-0.39, 0.29) is 6.03 Å². The summed E-state index contributed by atoms with van der Waals surface area (Å²) in [5, 5.41) is 1.92. The van der Waals surface area contributed by atoms with Crippen LogP contribution >= 0.6 is 11.3 Å². The maximum absolute atomic E-state index is 12.1. The monoisotopic (exact) mass is 288 g/mol. The molecule has 0 unspecified atom stereocenters. The Bertz CT molecular complexity index is 682. The number of pyridine rings is 1. The second kappa shape index (κ2) is 5.58. The molecule has 0 atom stereocenters. The van der Waals surface area contributed by atoms with E-state index in [9.17, 15) is 4.79 Å². The molecule has 0 bridgehead atoms. The van der Waals surface area contributed by atoms with E-state index in [4.69, 9.17) is 0 Å². The van der Waals surface area contributed by atoms with Crippen LogP contribution in [-0.2, 0) is 0 Å². The number of carbonyl (C=O) groups is 1. The molecule has 5 nitrogen and oxygen atoms in total. The van der Waals surface area contributed by atoms with Gasteiger partial charge in [0, 0.05) is 30.4 Å². The van der Waals surface area contributed by atoms with Crippen molar-refractivity contribution in [2.24, 2.45) is 4.99 Å². The minimum Gasteiger partial charge on any atom is -0.323 e. The first-order valence-electron chi connectivity index (χ1n) is 6.68. The zero-order chi connectivity index (χ0) is 13.9. The summed E-state index contributed by atoms with van der Waals surface area (Å²) in [6.45, 7) is 3.58. The highest BCUT2D eigenvalue weighted by Gasteiger charge is 2.17. The van der Waals surface area contributed by atoms with Crippen molar-refractivity contribution in [3.05, 3.63) is 40.3 Å². The highest BCUT2D eigenvalue weighted by atomic mass is 32.1. The van der Waals surface area contributed by atoms with Gasteiger partial charge in [-0.1, -0.05) is 6.07 Å². The van der Waals surface area contributed by atoms with Gasteiger partial charge in [0.1, 0.15) is 5.82 Å². The number of aryl methyl sites for hydroxylation is 1. The molecule has 0 aliphatic carbocycles. The minimum atomic E-state index is -0.147. The third kappa shape index (κ3) is 2.65. The SMILES string of the molecule is Cc1cccc(-n2ccsc2=NC(=O)N2CCCC2)n1. The van der Waals surface area contributed by atoms with E-state index in [1.54, 1.807) is 4.90 Å². The van der Waals surface area contributed by atoms with Gasteiger partial charge in [0.15, 0.2) is 4.80 Å². The number of carbonyl (C=O) groups excluding carboxylic acids is 1. The van der Waals surface area contributed by atoms with Gasteiger partial charge in [0.25, 0.3) is 0 Å². The third-order valence-corrected chi connectivity index (χ3v) is 4.03. The predicted octanol–water partition coefficient (Wildman–Crippen LogP) is 2.36. The first kappa shape index (κ1) is 13.1. The maximum atomic E-state index is 12.1. The number of rotatable bonds is 1. The molecule has 2 aromatic heterocycles. The van der Waals surface area contributed by atoms with Gasteiger partial charge < -0.3 is 4.90 Å². The molecule has 0 saturated carbocycles. The molecule has 2 aromatic rings. The van der Waals surface area contributed by atoms with Gasteiger partial charge in [-0.3, -0.25) is 4.57 Å². The molecule has 3 rings (SSSR count). The van der Waals surface area contributed by atoms with Crippen molar-refractivity contribution in [1.82, 2.24) is 14.5 Å². The molecule has 1 saturated heterocycles. The average molecular weight is 288 g/mol. The summed E-state index contributed by atoms with van der Waals surface area (Å²) in [7, 11) is 0. The Morgan fingerprint density at radius 1 is 1.35 bits per heavy atom. The topological polar surface area (TPSA) is 50.5 Å². The van der Waals surface area contributed by atoms with E-state index >= 15 is 0 Å². The molecule has 1 aliphatic rings. The van der Waals surface area contributed by atoms with Crippen LogP contribution in [0.3, 0.4) is 0 Å². The number of hydrogen-bond acceptors (Lipinski definition) is 3. The molecule has 0 spiro atoms. The molecule has 6 heteroatoms. The number of amides is 2. The van der Waals surface area contributed by atoms with Crippen LogP contribution in [0, 0.1) is 6.92 Å². The molecular formula is C14H16N4OS. The number of aromatic nitrogens is 2. The van der Waals surface area contributed by atoms with Crippen molar-refractivity contribution in [3.8, 4) is 5.82 Å². The summed E-state index contributed by atoms with van der Waals surface area (Å²) >= 11 is 1.45. The molecule has 0 aromatic carbocycles. The van der Waals surface area contributed by atoms with E-state index in [1.807, 2.05) is 41.3 Å². The minimum absolute atomic E-state index is 0.147. The zero-order valence-electron chi connectivity index (χ0n) is 11.3. The van der Waals surface area contributed by atoms with E-state index in [1.165, 1.54) is 11.3 Å². The van der Waals surface area contributed by atoms with E-state index in [0.29, 0.717) is 4.80 Å². The standard InChI is InChI=1S/C14H16N4OS/c1-11-5-4-6-12(15-11)18-9-10-20-14(18)16-13(19)17-7-2-3-8-17/h4-6,9-10H,2-3,7-8H2,1H3. The number of hydrogen-bond donors (Lipinski definition) is 0. The summed E-state index contributed by atoms with van der Waals surface area (Å²) < 4.78 is 1.85. The highest BCUT2D eigenvalue weighted by molar-refractivity contribution is 7.07. The summed E-state index contributed by atoms with van der Waals surface area (Å²) in [6, 6.07) is 5.67. The lowest BCUT2D eigenvalue weighted by atomic mass is 10.4. The van der Waals surface area contributed by atoms with Crippen molar-refractivity contribution in [2.75, 3.05) is 13.1 Å². The van der Waals surface area contributed by atoms with Crippen LogP contribution in [0.5, 0.6) is 0 Å². The number of nitrogens with zero attached hydrogens (tertiary/aromatic N) is 4. The Balaban J connectivity index is 1.95. The first-order chi connectivity index (χ1) is 9.74. The third-order valence-electron chi connectivity index (χ3n) is 3.28. The summed E-state index contributed by atoms with van der Waals surface area (Å²) in [6.07, 6.45) is 4.04. The van der Waals surface area contributed by atoms with Crippen molar-refractivity contribution in [3.63, 3.8) is 0 Å². The lowest BCUT2D eigenvalue weighted by Gasteiger charge is -2.10. The van der Waals surface area contributed by atoms with Crippen LogP contribution in [0.2, 0.25) is 0 Å². The molecule has 3 heterocycles.